The molecule has 0 aliphatic carbocycles. The van der Waals surface area contributed by atoms with E-state index < -0.39 is 0 Å². The molecule has 25 nitrogen and oxygen atoms in total. The number of para-hydroxylation sites is 4. The summed E-state index contributed by atoms with van der Waals surface area (Å²) in [7, 11) is 0. The van der Waals surface area contributed by atoms with Crippen molar-refractivity contribution >= 4 is 77.1 Å². The lowest BCUT2D eigenvalue weighted by atomic mass is 10.0. The fourth-order valence-electron chi connectivity index (χ4n) is 8.20. The Bertz CT molecular complexity index is 4450. The molecule has 0 spiro atoms. The van der Waals surface area contributed by atoms with Gasteiger partial charge in [0, 0.05) is 158 Å². The van der Waals surface area contributed by atoms with Crippen molar-refractivity contribution in [3.05, 3.63) is 350 Å². The van der Waals surface area contributed by atoms with Crippen molar-refractivity contribution in [2.45, 2.75) is 145 Å². The van der Waals surface area contributed by atoms with Crippen molar-refractivity contribution in [2.75, 3.05) is 0 Å². The van der Waals surface area contributed by atoms with Crippen LogP contribution in [0.15, 0.2) is 344 Å². The third-order valence-electron chi connectivity index (χ3n) is 12.5. The quantitative estimate of drug-likeness (QED) is 0.127. The minimum absolute atomic E-state index is 0.699. The van der Waals surface area contributed by atoms with Gasteiger partial charge in [-0.25, -0.2) is 59.8 Å². The van der Waals surface area contributed by atoms with Crippen LogP contribution in [0.4, 0.5) is 0 Å². The lowest BCUT2D eigenvalue weighted by molar-refractivity contribution is 0.969. The molecule has 0 amide bonds. The molecule has 15 aromatic heterocycles. The van der Waals surface area contributed by atoms with E-state index in [4.69, 9.17) is 0 Å². The van der Waals surface area contributed by atoms with Crippen molar-refractivity contribution in [1.82, 2.24) is 124 Å². The van der Waals surface area contributed by atoms with Crippen molar-refractivity contribution in [2.24, 2.45) is 0 Å². The van der Waals surface area contributed by atoms with Gasteiger partial charge >= 0.3 is 0 Å². The number of benzene rings is 4. The fraction of sp³-hybridized carbons (Fsp3) is 0.228. The average Bonchev–Trinajstić information content (AvgIpc) is 1.42. The number of aromatic nitrogens is 25. The van der Waals surface area contributed by atoms with Crippen LogP contribution in [0.3, 0.4) is 0 Å². The van der Waals surface area contributed by atoms with E-state index in [0.29, 0.717) is 5.65 Å². The largest absolute Gasteiger partial charge is 0.307 e. The number of fused-ring (bicyclic) bond motifs is 8. The first kappa shape index (κ1) is 105. The Labute approximate surface area is 692 Å². The van der Waals surface area contributed by atoms with Crippen LogP contribution in [0.5, 0.6) is 0 Å². The Morgan fingerprint density at radius 1 is 0.214 bits per heavy atom. The summed E-state index contributed by atoms with van der Waals surface area (Å²) in [6.45, 7) is 42.2. The Morgan fingerprint density at radius 2 is 0.624 bits per heavy atom. The topological polar surface area (TPSA) is 305 Å². The minimum Gasteiger partial charge on any atom is -0.307 e. The summed E-state index contributed by atoms with van der Waals surface area (Å²) >= 11 is 0. The lowest BCUT2D eigenvalue weighted by Crippen LogP contribution is -1.86. The van der Waals surface area contributed by atoms with Gasteiger partial charge < -0.3 is 8.80 Å². The predicted molar refractivity (Wildman–Crippen MR) is 485 cm³/mol. The second kappa shape index (κ2) is 77.1. The standard InChI is InChI=1S/C14H11N.C13H9N.2C7H5N3.C7H6N2.C6H5N3.3C4H4N2.2C3H3N3.10C2H6/c1-10-11-6-2-4-8-13(11)15-14-9-5-3-7-12(10)14;1-3-7-12-10(5-1)9-11-6-2-4-8-13(11)14-12;1-2-8-5-7-6(1)9-3-4-10-7;1-2-6-7(9-3-1)10-5-4-8-6;1-2-5-9-6-4-8-7(9)3-1;1-3-9-4-2-8-6(9)5-7-1;1-2-6-4-3-5-1;1-2-5-4-6-3-1;1-2-4-6-5-3-1;1-4-2-6-3-5-1;1-2-5-6-3-4-1;10*1-2/h2-9H,1H3;1-9H;2*1-5H;1-6H;1-5H;3*1-4H;2*1-3H;10*1-2H3. The summed E-state index contributed by atoms with van der Waals surface area (Å²) in [5.74, 6) is 0. The zero-order chi connectivity index (χ0) is 86.7. The maximum Gasteiger partial charge on any atom is 0.178 e. The van der Waals surface area contributed by atoms with Crippen LogP contribution in [-0.4, -0.2) is 124 Å². The third-order valence-corrected chi connectivity index (χ3v) is 12.5. The van der Waals surface area contributed by atoms with Gasteiger partial charge in [-0.05, 0) is 91.3 Å². The highest BCUT2D eigenvalue weighted by Gasteiger charge is 2.04. The fourth-order valence-corrected chi connectivity index (χ4v) is 8.20. The molecule has 0 fully saturated rings. The molecular weight excluding hydrogens is 1460 g/mol. The molecule has 0 bridgehead atoms. The maximum atomic E-state index is 4.64. The first-order chi connectivity index (χ1) is 58.2. The van der Waals surface area contributed by atoms with E-state index >= 15 is 0 Å². The molecule has 0 radical (unpaired) electrons. The third kappa shape index (κ3) is 45.2. The number of nitrogens with zero attached hydrogens (tertiary/aromatic N) is 25. The van der Waals surface area contributed by atoms with Crippen LogP contribution in [0, 0.1) is 6.92 Å². The highest BCUT2D eigenvalue weighted by atomic mass is 15.1. The van der Waals surface area contributed by atoms with E-state index in [1.165, 1.54) is 64.9 Å². The van der Waals surface area contributed by atoms with E-state index in [1.807, 2.05) is 269 Å². The predicted octanol–water partition coefficient (Wildman–Crippen LogP) is 22.6. The molecule has 0 unspecified atom stereocenters. The second-order valence-electron chi connectivity index (χ2n) is 18.9. The highest BCUT2D eigenvalue weighted by Crippen LogP contribution is 2.25. The zero-order valence-electron chi connectivity index (χ0n) is 72.0. The molecule has 117 heavy (non-hydrogen) atoms. The first-order valence-electron chi connectivity index (χ1n) is 39.5. The number of rotatable bonds is 0. The molecule has 0 aliphatic rings. The van der Waals surface area contributed by atoms with Crippen molar-refractivity contribution in [3.63, 3.8) is 0 Å². The Morgan fingerprint density at radius 3 is 1.05 bits per heavy atom. The molecule has 4 aromatic carbocycles. The number of aryl methyl sites for hydroxylation is 1. The summed E-state index contributed by atoms with van der Waals surface area (Å²) in [6, 6.07) is 52.1. The Balaban J connectivity index is 0. The molecule has 0 N–H and O–H groups in total. The molecule has 0 saturated carbocycles. The van der Waals surface area contributed by atoms with Gasteiger partial charge in [-0.3, -0.25) is 34.9 Å². The molecule has 0 atom stereocenters. The van der Waals surface area contributed by atoms with E-state index in [-0.39, 0.29) is 0 Å². The van der Waals surface area contributed by atoms with Crippen LogP contribution in [0.1, 0.15) is 144 Å². The minimum atomic E-state index is 0.699. The monoisotopic (exact) mass is 1570 g/mol. The van der Waals surface area contributed by atoms with Gasteiger partial charge in [0.05, 0.1) is 46.2 Å². The Hall–Kier alpha value is -14.2. The number of imidazole rings is 2. The van der Waals surface area contributed by atoms with E-state index in [9.17, 15) is 0 Å². The lowest BCUT2D eigenvalue weighted by Gasteiger charge is -2.05. The van der Waals surface area contributed by atoms with Crippen LogP contribution < -0.4 is 0 Å². The van der Waals surface area contributed by atoms with Gasteiger partial charge in [0.15, 0.2) is 11.3 Å². The van der Waals surface area contributed by atoms with Crippen LogP contribution in [0.25, 0.3) is 77.1 Å². The summed E-state index contributed by atoms with van der Waals surface area (Å²) in [6.07, 6.45) is 49.9. The van der Waals surface area contributed by atoms with Gasteiger partial charge in [0.1, 0.15) is 48.3 Å². The van der Waals surface area contributed by atoms with Crippen LogP contribution >= 0.6 is 0 Å². The molecule has 25 heteroatoms. The highest BCUT2D eigenvalue weighted by molar-refractivity contribution is 5.97. The van der Waals surface area contributed by atoms with E-state index in [0.717, 1.165) is 49.9 Å². The number of hydrogen-bond acceptors (Lipinski definition) is 23. The average molecular weight is 1580 g/mol. The van der Waals surface area contributed by atoms with Crippen molar-refractivity contribution < 1.29 is 0 Å². The zero-order valence-corrected chi connectivity index (χ0v) is 72.0. The molecule has 19 rings (SSSR count). The van der Waals surface area contributed by atoms with Crippen LogP contribution in [0.2, 0.25) is 0 Å². The normalized spacial score (nSPS) is 8.56. The molecule has 0 saturated heterocycles. The SMILES string of the molecule is CC.CC.CC.CC.CC.CC.CC.CC.CC.CC.Cc1c2ccccc2nc2ccccc12.c1cc2nccnc2cn1.c1ccc2nc3ccccc3cc2c1.c1ccn2ccnc2c1.c1ccnnc1.c1cn2ccnc2cn1.c1cnc2nccnc2c1.c1cnccn1.c1cncnc1.c1cnncn1.c1ncncn1. The molecule has 0 aliphatic heterocycles. The van der Waals surface area contributed by atoms with Gasteiger partial charge in [0.2, 0.25) is 0 Å². The van der Waals surface area contributed by atoms with Gasteiger partial charge in [-0.15, -0.1) is 5.10 Å². The van der Waals surface area contributed by atoms with E-state index in [2.05, 4.69) is 177 Å². The second-order valence-corrected chi connectivity index (χ2v) is 18.9. The molecule has 19 aromatic rings. The molecule has 612 valence electrons. The maximum absolute atomic E-state index is 4.64. The van der Waals surface area contributed by atoms with Crippen LogP contribution in [-0.2, 0) is 0 Å². The summed E-state index contributed by atoms with van der Waals surface area (Å²) < 4.78 is 3.88. The van der Waals surface area contributed by atoms with Crippen molar-refractivity contribution in [1.29, 1.82) is 0 Å². The number of hydrogen-bond donors (Lipinski definition) is 0. The summed E-state index contributed by atoms with van der Waals surface area (Å²) in [5, 5.41) is 18.9. The summed E-state index contributed by atoms with van der Waals surface area (Å²) in [5.41, 5.74) is 10.7. The number of pyridine rings is 5. The van der Waals surface area contributed by atoms with Gasteiger partial charge in [0.25, 0.3) is 0 Å². The van der Waals surface area contributed by atoms with Crippen molar-refractivity contribution in [3.8, 4) is 0 Å². The van der Waals surface area contributed by atoms with Gasteiger partial charge in [-0.2, -0.15) is 15.3 Å². The Kier molecular flexibility index (Phi) is 69.1. The molecular formula is C92H119N25. The smallest absolute Gasteiger partial charge is 0.178 e. The summed E-state index contributed by atoms with van der Waals surface area (Å²) in [4.78, 5) is 74.4. The van der Waals surface area contributed by atoms with E-state index in [1.54, 1.807) is 130 Å². The van der Waals surface area contributed by atoms with Gasteiger partial charge in [-0.1, -0.05) is 217 Å². The molecule has 15 heterocycles. The first-order valence-corrected chi connectivity index (χ1v) is 39.5.